The molecule has 1 N–H and O–H groups in total. The van der Waals surface area contributed by atoms with Crippen LogP contribution in [0.3, 0.4) is 0 Å². The van der Waals surface area contributed by atoms with Gasteiger partial charge in [-0.05, 0) is 37.1 Å². The van der Waals surface area contributed by atoms with E-state index in [9.17, 15) is 37.1 Å². The molecule has 0 aliphatic heterocycles. The average Bonchev–Trinajstić information content (AvgIpc) is 2.78. The number of hydrogen-bond acceptors (Lipinski definition) is 7. The molecule has 0 fully saturated rings. The van der Waals surface area contributed by atoms with Crippen molar-refractivity contribution in [2.24, 2.45) is 5.11 Å². The molecule has 0 atom stereocenters. The Bertz CT molecular complexity index is 1210. The molecule has 0 amide bonds. The van der Waals surface area contributed by atoms with E-state index in [-0.39, 0.29) is 16.9 Å². The van der Waals surface area contributed by atoms with Gasteiger partial charge in [-0.3, -0.25) is 4.79 Å². The lowest BCUT2D eigenvalue weighted by molar-refractivity contribution is -0.111. The number of aliphatic hydroxyl groups is 1. The van der Waals surface area contributed by atoms with E-state index in [1.54, 1.807) is 0 Å². The fourth-order valence-electron chi connectivity index (χ4n) is 2.80. The van der Waals surface area contributed by atoms with E-state index in [1.165, 1.54) is 38.1 Å². The lowest BCUT2D eigenvalue weighted by Gasteiger charge is -2.10. The number of nitrogens with zero attached hydrogens (tertiary/aromatic N) is 3. The number of esters is 2. The SMILES string of the molecule is CC(=O)/C(=C(/C)O)c1ccc(C(=O)OCCOC(=O)c2c(F)c(F)c(N=[N+]=[N-])c(F)c2F)cc1. The number of carbonyl (C=O) groups excluding carboxylic acids is 3. The maximum absolute atomic E-state index is 13.9. The number of aliphatic hydroxyl groups excluding tert-OH is 1. The van der Waals surface area contributed by atoms with Crippen molar-refractivity contribution in [1.82, 2.24) is 0 Å². The van der Waals surface area contributed by atoms with Crippen LogP contribution in [0.5, 0.6) is 0 Å². The fourth-order valence-corrected chi connectivity index (χ4v) is 2.80. The van der Waals surface area contributed by atoms with Crippen LogP contribution >= 0.6 is 0 Å². The minimum Gasteiger partial charge on any atom is -0.512 e. The van der Waals surface area contributed by atoms with Gasteiger partial charge in [-0.25, -0.2) is 27.2 Å². The molecule has 0 unspecified atom stereocenters. The van der Waals surface area contributed by atoms with Crippen molar-refractivity contribution < 1.29 is 46.5 Å². The van der Waals surface area contributed by atoms with Crippen LogP contribution in [0.4, 0.5) is 23.2 Å². The average molecular weight is 481 g/mol. The molecule has 0 radical (unpaired) electrons. The second-order valence-electron chi connectivity index (χ2n) is 6.53. The highest BCUT2D eigenvalue weighted by Crippen LogP contribution is 2.30. The lowest BCUT2D eigenvalue weighted by Crippen LogP contribution is -2.17. The van der Waals surface area contributed by atoms with E-state index in [0.717, 1.165) is 0 Å². The largest absolute Gasteiger partial charge is 0.512 e. The van der Waals surface area contributed by atoms with Crippen LogP contribution in [0.25, 0.3) is 16.0 Å². The Balaban J connectivity index is 2.02. The second-order valence-corrected chi connectivity index (χ2v) is 6.53. The summed E-state index contributed by atoms with van der Waals surface area (Å²) in [5.74, 6) is -11.7. The van der Waals surface area contributed by atoms with Crippen molar-refractivity contribution in [3.8, 4) is 0 Å². The molecule has 0 spiro atoms. The van der Waals surface area contributed by atoms with Crippen molar-refractivity contribution in [2.45, 2.75) is 13.8 Å². The van der Waals surface area contributed by atoms with Crippen LogP contribution < -0.4 is 0 Å². The van der Waals surface area contributed by atoms with Crippen LogP contribution in [-0.2, 0) is 14.3 Å². The summed E-state index contributed by atoms with van der Waals surface area (Å²) in [6.45, 7) is 1.29. The summed E-state index contributed by atoms with van der Waals surface area (Å²) < 4.78 is 64.7. The van der Waals surface area contributed by atoms with Gasteiger partial charge in [-0.2, -0.15) is 0 Å². The van der Waals surface area contributed by atoms with E-state index in [0.29, 0.717) is 5.56 Å². The summed E-state index contributed by atoms with van der Waals surface area (Å²) in [6.07, 6.45) is 0. The molecule has 34 heavy (non-hydrogen) atoms. The molecule has 0 heterocycles. The molecule has 9 nitrogen and oxygen atoms in total. The molecule has 0 aromatic heterocycles. The standard InChI is InChI=1S/C21H15F4N3O6/c1-9(29)13(10(2)30)11-3-5-12(6-4-11)20(31)33-7-8-34-21(32)14-15(22)17(24)19(27-28-26)18(25)16(14)23/h3-6,29H,7-8H2,1-2H3/b13-9+. The molecule has 0 bridgehead atoms. The Labute approximate surface area is 188 Å². The topological polar surface area (TPSA) is 139 Å². The Morgan fingerprint density at radius 3 is 1.79 bits per heavy atom. The van der Waals surface area contributed by atoms with E-state index < -0.39 is 65.5 Å². The zero-order chi connectivity index (χ0) is 25.6. The molecular weight excluding hydrogens is 466 g/mol. The maximum Gasteiger partial charge on any atom is 0.344 e. The van der Waals surface area contributed by atoms with Crippen molar-refractivity contribution in [1.29, 1.82) is 0 Å². The van der Waals surface area contributed by atoms with E-state index in [1.807, 2.05) is 4.91 Å². The Kier molecular flexibility index (Phi) is 8.35. The maximum atomic E-state index is 13.9. The van der Waals surface area contributed by atoms with Crippen molar-refractivity contribution >= 4 is 29.0 Å². The van der Waals surface area contributed by atoms with Crippen LogP contribution in [0.15, 0.2) is 35.1 Å². The van der Waals surface area contributed by atoms with Crippen molar-refractivity contribution in [2.75, 3.05) is 13.2 Å². The third kappa shape index (κ3) is 5.51. The third-order valence-electron chi connectivity index (χ3n) is 4.26. The zero-order valence-corrected chi connectivity index (χ0v) is 17.6. The smallest absolute Gasteiger partial charge is 0.344 e. The molecule has 0 aliphatic carbocycles. The van der Waals surface area contributed by atoms with Gasteiger partial charge in [0.1, 0.15) is 30.2 Å². The summed E-state index contributed by atoms with van der Waals surface area (Å²) in [7, 11) is 0. The van der Waals surface area contributed by atoms with Gasteiger partial charge in [0.25, 0.3) is 0 Å². The monoisotopic (exact) mass is 481 g/mol. The number of carbonyl (C=O) groups is 3. The first-order valence-electron chi connectivity index (χ1n) is 9.27. The normalized spacial score (nSPS) is 11.2. The van der Waals surface area contributed by atoms with Gasteiger partial charge in [0, 0.05) is 4.91 Å². The quantitative estimate of drug-likeness (QED) is 0.0642. The van der Waals surface area contributed by atoms with Gasteiger partial charge in [0.15, 0.2) is 29.1 Å². The van der Waals surface area contributed by atoms with Crippen LogP contribution in [0.2, 0.25) is 0 Å². The summed E-state index contributed by atoms with van der Waals surface area (Å²) in [5, 5.41) is 12.1. The fraction of sp³-hybridized carbons (Fsp3) is 0.190. The van der Waals surface area contributed by atoms with Crippen LogP contribution in [0.1, 0.15) is 40.1 Å². The number of rotatable bonds is 8. The molecule has 0 saturated heterocycles. The number of allylic oxidation sites excluding steroid dienone is 2. The molecule has 13 heteroatoms. The lowest BCUT2D eigenvalue weighted by atomic mass is 10.00. The molecule has 0 saturated carbocycles. The van der Waals surface area contributed by atoms with Gasteiger partial charge >= 0.3 is 11.9 Å². The predicted molar refractivity (Wildman–Crippen MR) is 108 cm³/mol. The van der Waals surface area contributed by atoms with Crippen LogP contribution in [0, 0.1) is 23.3 Å². The molecule has 2 aromatic rings. The summed E-state index contributed by atoms with van der Waals surface area (Å²) >= 11 is 0. The highest BCUT2D eigenvalue weighted by atomic mass is 19.2. The van der Waals surface area contributed by atoms with Gasteiger partial charge in [0.05, 0.1) is 11.1 Å². The number of halogens is 4. The second kappa shape index (κ2) is 11.0. The number of Topliss-reactive ketones (excluding diaryl/α,β-unsaturated/α-hetero) is 1. The van der Waals surface area contributed by atoms with E-state index in [2.05, 4.69) is 9.85 Å². The minimum atomic E-state index is -2.12. The summed E-state index contributed by atoms with van der Waals surface area (Å²) in [6, 6.07) is 5.39. The predicted octanol–water partition coefficient (Wildman–Crippen LogP) is 5.08. The van der Waals surface area contributed by atoms with Crippen LogP contribution in [-0.4, -0.2) is 36.0 Å². The Morgan fingerprint density at radius 1 is 0.882 bits per heavy atom. The van der Waals surface area contributed by atoms with Gasteiger partial charge in [-0.1, -0.05) is 17.2 Å². The number of hydrogen-bond donors (Lipinski definition) is 1. The van der Waals surface area contributed by atoms with Crippen molar-refractivity contribution in [3.05, 3.63) is 80.4 Å². The molecular formula is C21H15F4N3O6. The summed E-state index contributed by atoms with van der Waals surface area (Å²) in [4.78, 5) is 37.5. The molecule has 178 valence electrons. The highest BCUT2D eigenvalue weighted by Gasteiger charge is 2.30. The number of benzene rings is 2. The Morgan fingerprint density at radius 2 is 1.35 bits per heavy atom. The molecule has 2 rings (SSSR count). The number of azide groups is 1. The molecule has 0 aliphatic rings. The highest BCUT2D eigenvalue weighted by molar-refractivity contribution is 6.20. The van der Waals surface area contributed by atoms with E-state index in [4.69, 9.17) is 10.3 Å². The number of ketones is 1. The third-order valence-corrected chi connectivity index (χ3v) is 4.26. The first-order chi connectivity index (χ1) is 16.0. The number of ether oxygens (including phenoxy) is 2. The van der Waals surface area contributed by atoms with E-state index >= 15 is 0 Å². The minimum absolute atomic E-state index is 0.0310. The van der Waals surface area contributed by atoms with Gasteiger partial charge in [-0.15, -0.1) is 0 Å². The Hall–Kier alpha value is -4.38. The van der Waals surface area contributed by atoms with Gasteiger partial charge in [0.2, 0.25) is 0 Å². The first-order valence-corrected chi connectivity index (χ1v) is 9.27. The van der Waals surface area contributed by atoms with Crippen molar-refractivity contribution in [3.63, 3.8) is 0 Å². The zero-order valence-electron chi connectivity index (χ0n) is 17.6. The first kappa shape index (κ1) is 25.9. The van der Waals surface area contributed by atoms with Gasteiger partial charge < -0.3 is 14.6 Å². The molecule has 2 aromatic carbocycles. The summed E-state index contributed by atoms with van der Waals surface area (Å²) in [5.41, 5.74) is 5.37.